The molecule has 1 aromatic rings. The highest BCUT2D eigenvalue weighted by molar-refractivity contribution is 5.68. The topological polar surface area (TPSA) is 53.0 Å². The first kappa shape index (κ1) is 17.2. The molecule has 0 radical (unpaired) electrons. The number of aliphatic hydroxyl groups excluding tert-OH is 1. The van der Waals surface area contributed by atoms with Crippen molar-refractivity contribution in [3.63, 3.8) is 0 Å². The van der Waals surface area contributed by atoms with Gasteiger partial charge in [0.1, 0.15) is 6.61 Å². The zero-order valence-corrected chi connectivity index (χ0v) is 14.3. The van der Waals surface area contributed by atoms with Crippen molar-refractivity contribution in [1.82, 2.24) is 9.80 Å². The molecule has 1 saturated heterocycles. The molecule has 1 aliphatic heterocycles. The van der Waals surface area contributed by atoms with E-state index in [1.165, 1.54) is 0 Å². The summed E-state index contributed by atoms with van der Waals surface area (Å²) in [4.78, 5) is 16.8. The Hall–Kier alpha value is -1.59. The molecule has 1 atom stereocenters. The summed E-state index contributed by atoms with van der Waals surface area (Å²) < 4.78 is 5.54. The van der Waals surface area contributed by atoms with Gasteiger partial charge >= 0.3 is 6.09 Å². The van der Waals surface area contributed by atoms with E-state index in [1.807, 2.05) is 35.2 Å². The van der Waals surface area contributed by atoms with Crippen LogP contribution in [0.15, 0.2) is 30.3 Å². The number of β-amino-alcohol motifs (C(OH)–C–C–N with tert-alkyl or cyclic N) is 1. The Bertz CT molecular complexity index is 517. The normalized spacial score (nSPS) is 21.5. The predicted molar refractivity (Wildman–Crippen MR) is 92.6 cm³/mol. The van der Waals surface area contributed by atoms with Gasteiger partial charge in [-0.3, -0.25) is 0 Å². The average Bonchev–Trinajstić information content (AvgIpc) is 3.44. The van der Waals surface area contributed by atoms with Gasteiger partial charge in [-0.25, -0.2) is 4.79 Å². The number of ether oxygens (including phenoxy) is 1. The molecule has 1 heterocycles. The molecule has 5 nitrogen and oxygen atoms in total. The van der Waals surface area contributed by atoms with Crippen LogP contribution in [-0.2, 0) is 11.3 Å². The summed E-state index contributed by atoms with van der Waals surface area (Å²) in [5.41, 5.74) is 1.02. The molecule has 3 rings (SSSR count). The number of rotatable bonds is 7. The maximum atomic E-state index is 12.5. The second kappa shape index (κ2) is 8.49. The van der Waals surface area contributed by atoms with E-state index in [2.05, 4.69) is 4.90 Å². The van der Waals surface area contributed by atoms with Crippen molar-refractivity contribution >= 4 is 6.09 Å². The molecule has 1 amide bonds. The minimum atomic E-state index is -0.180. The molecule has 24 heavy (non-hydrogen) atoms. The van der Waals surface area contributed by atoms with Crippen molar-refractivity contribution < 1.29 is 14.6 Å². The molecule has 0 unspecified atom stereocenters. The number of benzene rings is 1. The highest BCUT2D eigenvalue weighted by atomic mass is 16.6. The standard InChI is InChI=1S/C19H28N2O3/c22-12-11-20-10-4-7-17(13-20)14-21(18-8-9-18)19(23)24-15-16-5-2-1-3-6-16/h1-3,5-6,17-18,22H,4,7-15H2/t17-/m1/s1. The maximum Gasteiger partial charge on any atom is 0.410 e. The van der Waals surface area contributed by atoms with Gasteiger partial charge in [0, 0.05) is 25.7 Å². The van der Waals surface area contributed by atoms with Gasteiger partial charge in [0.05, 0.1) is 6.61 Å². The van der Waals surface area contributed by atoms with Gasteiger partial charge < -0.3 is 19.6 Å². The Morgan fingerprint density at radius 3 is 2.75 bits per heavy atom. The SMILES string of the molecule is O=C(OCc1ccccc1)N(C[C@@H]1CCCN(CCO)C1)C1CC1. The van der Waals surface area contributed by atoms with Gasteiger partial charge in [0.15, 0.2) is 0 Å². The van der Waals surface area contributed by atoms with Crippen LogP contribution in [0.3, 0.4) is 0 Å². The number of likely N-dealkylation sites (tertiary alicyclic amines) is 1. The van der Waals surface area contributed by atoms with Crippen molar-refractivity contribution in [1.29, 1.82) is 0 Å². The van der Waals surface area contributed by atoms with Gasteiger partial charge in [-0.15, -0.1) is 0 Å². The van der Waals surface area contributed by atoms with Crippen LogP contribution < -0.4 is 0 Å². The second-order valence-corrected chi connectivity index (χ2v) is 6.96. The van der Waals surface area contributed by atoms with Crippen LogP contribution in [0, 0.1) is 5.92 Å². The number of aliphatic hydroxyl groups is 1. The van der Waals surface area contributed by atoms with E-state index in [1.54, 1.807) is 0 Å². The predicted octanol–water partition coefficient (Wildman–Crippen LogP) is 2.49. The minimum Gasteiger partial charge on any atom is -0.445 e. The number of amides is 1. The van der Waals surface area contributed by atoms with Gasteiger partial charge in [-0.2, -0.15) is 0 Å². The third-order valence-corrected chi connectivity index (χ3v) is 4.90. The first-order valence-electron chi connectivity index (χ1n) is 9.07. The highest BCUT2D eigenvalue weighted by Gasteiger charge is 2.35. The van der Waals surface area contributed by atoms with Gasteiger partial charge in [0.25, 0.3) is 0 Å². The lowest BCUT2D eigenvalue weighted by Gasteiger charge is -2.35. The summed E-state index contributed by atoms with van der Waals surface area (Å²) in [6.07, 6.45) is 4.29. The van der Waals surface area contributed by atoms with Crippen molar-refractivity contribution in [3.8, 4) is 0 Å². The van der Waals surface area contributed by atoms with Crippen molar-refractivity contribution in [2.24, 2.45) is 5.92 Å². The zero-order chi connectivity index (χ0) is 16.8. The number of nitrogens with zero attached hydrogens (tertiary/aromatic N) is 2. The van der Waals surface area contributed by atoms with Crippen LogP contribution in [0.1, 0.15) is 31.2 Å². The second-order valence-electron chi connectivity index (χ2n) is 6.96. The smallest absolute Gasteiger partial charge is 0.410 e. The molecule has 0 bridgehead atoms. The largest absolute Gasteiger partial charge is 0.445 e. The van der Waals surface area contributed by atoms with Crippen molar-refractivity contribution in [2.75, 3.05) is 32.8 Å². The number of hydrogen-bond acceptors (Lipinski definition) is 4. The third-order valence-electron chi connectivity index (χ3n) is 4.90. The molecular formula is C19H28N2O3. The fraction of sp³-hybridized carbons (Fsp3) is 0.632. The lowest BCUT2D eigenvalue weighted by atomic mass is 9.97. The molecule has 1 saturated carbocycles. The van der Waals surface area contributed by atoms with Gasteiger partial charge in [0.2, 0.25) is 0 Å². The fourth-order valence-electron chi connectivity index (χ4n) is 3.48. The Labute approximate surface area is 144 Å². The highest BCUT2D eigenvalue weighted by Crippen LogP contribution is 2.30. The van der Waals surface area contributed by atoms with Crippen LogP contribution in [0.25, 0.3) is 0 Å². The lowest BCUT2D eigenvalue weighted by molar-refractivity contribution is 0.0729. The summed E-state index contributed by atoms with van der Waals surface area (Å²) in [7, 11) is 0. The minimum absolute atomic E-state index is 0.180. The quantitative estimate of drug-likeness (QED) is 0.833. The van der Waals surface area contributed by atoms with E-state index < -0.39 is 0 Å². The Morgan fingerprint density at radius 1 is 1.25 bits per heavy atom. The molecule has 0 spiro atoms. The molecule has 132 valence electrons. The van der Waals surface area contributed by atoms with Crippen LogP contribution >= 0.6 is 0 Å². The van der Waals surface area contributed by atoms with Crippen LogP contribution in [0.2, 0.25) is 0 Å². The summed E-state index contributed by atoms with van der Waals surface area (Å²) in [6.45, 7) is 4.08. The van der Waals surface area contributed by atoms with Crippen LogP contribution in [0.4, 0.5) is 4.79 Å². The molecule has 1 aromatic carbocycles. The van der Waals surface area contributed by atoms with Crippen molar-refractivity contribution in [3.05, 3.63) is 35.9 Å². The van der Waals surface area contributed by atoms with Crippen LogP contribution in [-0.4, -0.2) is 59.8 Å². The molecule has 2 aliphatic rings. The van der Waals surface area contributed by atoms with E-state index in [4.69, 9.17) is 9.84 Å². The van der Waals surface area contributed by atoms with Gasteiger partial charge in [-0.05, 0) is 43.7 Å². The third kappa shape index (κ3) is 4.95. The first-order chi connectivity index (χ1) is 11.8. The molecule has 1 N–H and O–H groups in total. The first-order valence-corrected chi connectivity index (χ1v) is 9.07. The van der Waals surface area contributed by atoms with E-state index >= 15 is 0 Å². The van der Waals surface area contributed by atoms with E-state index in [9.17, 15) is 4.79 Å². The zero-order valence-electron chi connectivity index (χ0n) is 14.3. The Balaban J connectivity index is 1.51. The molecule has 5 heteroatoms. The number of hydrogen-bond donors (Lipinski definition) is 1. The fourth-order valence-corrected chi connectivity index (χ4v) is 3.48. The summed E-state index contributed by atoms with van der Waals surface area (Å²) in [6, 6.07) is 10.2. The van der Waals surface area contributed by atoms with Crippen molar-refractivity contribution in [2.45, 2.75) is 38.3 Å². The number of carbonyl (C=O) groups excluding carboxylic acids is 1. The summed E-state index contributed by atoms with van der Waals surface area (Å²) >= 11 is 0. The average molecular weight is 332 g/mol. The Morgan fingerprint density at radius 2 is 2.04 bits per heavy atom. The molecule has 0 aromatic heterocycles. The van der Waals surface area contributed by atoms with Crippen LogP contribution in [0.5, 0.6) is 0 Å². The number of carbonyl (C=O) groups is 1. The number of piperidine rings is 1. The van der Waals surface area contributed by atoms with E-state index in [-0.39, 0.29) is 12.7 Å². The molecule has 1 aliphatic carbocycles. The molecular weight excluding hydrogens is 304 g/mol. The Kier molecular flexibility index (Phi) is 6.10. The summed E-state index contributed by atoms with van der Waals surface area (Å²) in [5, 5.41) is 9.13. The van der Waals surface area contributed by atoms with E-state index in [0.717, 1.165) is 57.4 Å². The molecule has 2 fully saturated rings. The monoisotopic (exact) mass is 332 g/mol. The van der Waals surface area contributed by atoms with E-state index in [0.29, 0.717) is 18.6 Å². The maximum absolute atomic E-state index is 12.5. The summed E-state index contributed by atoms with van der Waals surface area (Å²) in [5.74, 6) is 0.482. The lowest BCUT2D eigenvalue weighted by Crippen LogP contribution is -2.44. The van der Waals surface area contributed by atoms with Gasteiger partial charge in [-0.1, -0.05) is 30.3 Å².